The number of halogens is 1. The van der Waals surface area contributed by atoms with Gasteiger partial charge in [-0.1, -0.05) is 0 Å². The Labute approximate surface area is 95.9 Å². The largest absolute Gasteiger partial charge is 0.274 e. The van der Waals surface area contributed by atoms with Crippen molar-refractivity contribution >= 4 is 17.5 Å². The van der Waals surface area contributed by atoms with E-state index in [2.05, 4.69) is 10.2 Å². The number of azo groups is 1. The molecule has 86 valence electrons. The van der Waals surface area contributed by atoms with Crippen molar-refractivity contribution in [1.29, 1.82) is 0 Å². The molecule has 2 aliphatic heterocycles. The van der Waals surface area contributed by atoms with Gasteiger partial charge in [0.05, 0.1) is 18.2 Å². The maximum Gasteiger partial charge on any atom is 0.261 e. The minimum atomic E-state index is -0.687. The Morgan fingerprint density at radius 1 is 1.18 bits per heavy atom. The Hall–Kier alpha value is -2.11. The quantitative estimate of drug-likeness (QED) is 0.683. The Morgan fingerprint density at radius 3 is 2.53 bits per heavy atom. The molecule has 17 heavy (non-hydrogen) atoms. The third kappa shape index (κ3) is 1.37. The molecule has 0 radical (unpaired) electrons. The van der Waals surface area contributed by atoms with Crippen LogP contribution in [0, 0.1) is 11.7 Å². The third-order valence-corrected chi connectivity index (χ3v) is 2.96. The molecule has 5 nitrogen and oxygen atoms in total. The molecule has 6 heteroatoms. The van der Waals surface area contributed by atoms with Gasteiger partial charge in [-0.3, -0.25) is 9.59 Å². The number of nitrogens with zero attached hydrogens (tertiary/aromatic N) is 3. The predicted molar refractivity (Wildman–Crippen MR) is 55.9 cm³/mol. The number of fused-ring (bicyclic) bond motifs is 1. The Kier molecular flexibility index (Phi) is 2.04. The first-order valence-electron chi connectivity index (χ1n) is 5.18. The zero-order valence-electron chi connectivity index (χ0n) is 8.71. The van der Waals surface area contributed by atoms with Gasteiger partial charge in [-0.15, -0.1) is 0 Å². The summed E-state index contributed by atoms with van der Waals surface area (Å²) in [5, 5.41) is 7.47. The fourth-order valence-corrected chi connectivity index (χ4v) is 2.09. The highest BCUT2D eigenvalue weighted by atomic mass is 19.1. The van der Waals surface area contributed by atoms with Gasteiger partial charge < -0.3 is 0 Å². The molecule has 0 aromatic heterocycles. The molecule has 1 aromatic rings. The number of rotatable bonds is 1. The van der Waals surface area contributed by atoms with Gasteiger partial charge in [0.15, 0.2) is 6.04 Å². The molecule has 0 aliphatic carbocycles. The van der Waals surface area contributed by atoms with E-state index in [0.29, 0.717) is 5.69 Å². The van der Waals surface area contributed by atoms with E-state index in [-0.39, 0.29) is 18.4 Å². The molecule has 2 aliphatic rings. The van der Waals surface area contributed by atoms with Crippen molar-refractivity contribution in [2.75, 3.05) is 11.4 Å². The number of carbonyl (C=O) groups excluding carboxylic acids is 2. The van der Waals surface area contributed by atoms with Gasteiger partial charge in [-0.2, -0.15) is 10.2 Å². The van der Waals surface area contributed by atoms with Gasteiger partial charge >= 0.3 is 0 Å². The van der Waals surface area contributed by atoms with Gasteiger partial charge in [0.1, 0.15) is 5.82 Å². The van der Waals surface area contributed by atoms with Crippen LogP contribution in [-0.2, 0) is 9.59 Å². The molecule has 1 fully saturated rings. The second kappa shape index (κ2) is 3.44. The summed E-state index contributed by atoms with van der Waals surface area (Å²) in [7, 11) is 0. The van der Waals surface area contributed by atoms with Crippen LogP contribution >= 0.6 is 0 Å². The molecule has 0 spiro atoms. The summed E-state index contributed by atoms with van der Waals surface area (Å²) in [6.45, 7) is 0.257. The highest BCUT2D eigenvalue weighted by Gasteiger charge is 2.50. The SMILES string of the molecule is O=C1[C@@H]2CN=N[C@H]2C(=O)N1c1ccc(F)cc1. The Bertz CT molecular complexity index is 526. The lowest BCUT2D eigenvalue weighted by molar-refractivity contribution is -0.122. The zero-order valence-corrected chi connectivity index (χ0v) is 8.71. The summed E-state index contributed by atoms with van der Waals surface area (Å²) < 4.78 is 12.8. The van der Waals surface area contributed by atoms with Gasteiger partial charge in [0, 0.05) is 0 Å². The predicted octanol–water partition coefficient (Wildman–Crippen LogP) is 1.15. The molecule has 0 N–H and O–H groups in total. The van der Waals surface area contributed by atoms with Crippen LogP contribution in [-0.4, -0.2) is 24.4 Å². The first-order valence-corrected chi connectivity index (χ1v) is 5.18. The molecule has 0 bridgehead atoms. The molecule has 3 rings (SSSR count). The maximum absolute atomic E-state index is 12.8. The number of imide groups is 1. The van der Waals surface area contributed by atoms with Crippen LogP contribution in [0.4, 0.5) is 10.1 Å². The molecule has 2 amide bonds. The average Bonchev–Trinajstić information content (AvgIpc) is 2.87. The van der Waals surface area contributed by atoms with Crippen LogP contribution in [0.3, 0.4) is 0 Å². The van der Waals surface area contributed by atoms with Crippen LogP contribution < -0.4 is 4.90 Å². The number of hydrogen-bond donors (Lipinski definition) is 0. The lowest BCUT2D eigenvalue weighted by atomic mass is 10.1. The summed E-state index contributed by atoms with van der Waals surface area (Å²) in [6.07, 6.45) is 0. The van der Waals surface area contributed by atoms with Crippen molar-refractivity contribution in [2.45, 2.75) is 6.04 Å². The second-order valence-corrected chi connectivity index (χ2v) is 3.98. The molecule has 1 saturated heterocycles. The highest BCUT2D eigenvalue weighted by molar-refractivity contribution is 6.23. The van der Waals surface area contributed by atoms with E-state index in [1.165, 1.54) is 24.3 Å². The van der Waals surface area contributed by atoms with E-state index in [4.69, 9.17) is 0 Å². The van der Waals surface area contributed by atoms with E-state index < -0.39 is 17.8 Å². The summed E-state index contributed by atoms with van der Waals surface area (Å²) in [6, 6.07) is 4.55. The summed E-state index contributed by atoms with van der Waals surface area (Å²) in [5.74, 6) is -1.58. The fraction of sp³-hybridized carbons (Fsp3) is 0.273. The Morgan fingerprint density at radius 2 is 1.88 bits per heavy atom. The van der Waals surface area contributed by atoms with Crippen LogP contribution in [0.1, 0.15) is 0 Å². The Balaban J connectivity index is 1.99. The highest BCUT2D eigenvalue weighted by Crippen LogP contribution is 2.32. The molecular weight excluding hydrogens is 225 g/mol. The van der Waals surface area contributed by atoms with Crippen LogP contribution in [0.2, 0.25) is 0 Å². The van der Waals surface area contributed by atoms with Crippen LogP contribution in [0.5, 0.6) is 0 Å². The smallest absolute Gasteiger partial charge is 0.261 e. The standard InChI is InChI=1S/C11H8FN3O2/c12-6-1-3-7(4-2-6)15-10(16)8-5-13-14-9(8)11(15)17/h1-4,8-9H,5H2/t8-,9-/m1/s1. The molecule has 2 heterocycles. The topological polar surface area (TPSA) is 62.1 Å². The molecule has 0 unspecified atom stereocenters. The first-order chi connectivity index (χ1) is 8.18. The van der Waals surface area contributed by atoms with Gasteiger partial charge in [0.2, 0.25) is 5.91 Å². The second-order valence-electron chi connectivity index (χ2n) is 3.98. The normalized spacial score (nSPS) is 26.8. The monoisotopic (exact) mass is 233 g/mol. The van der Waals surface area contributed by atoms with Crippen LogP contribution in [0.25, 0.3) is 0 Å². The van der Waals surface area contributed by atoms with E-state index in [1.54, 1.807) is 0 Å². The van der Waals surface area contributed by atoms with E-state index in [9.17, 15) is 14.0 Å². The van der Waals surface area contributed by atoms with Gasteiger partial charge in [-0.25, -0.2) is 9.29 Å². The number of carbonyl (C=O) groups is 2. The fourth-order valence-electron chi connectivity index (χ4n) is 2.09. The number of amides is 2. The number of hydrogen-bond acceptors (Lipinski definition) is 4. The lowest BCUT2D eigenvalue weighted by Crippen LogP contribution is -2.31. The van der Waals surface area contributed by atoms with E-state index in [1.807, 2.05) is 0 Å². The maximum atomic E-state index is 12.8. The van der Waals surface area contributed by atoms with Crippen molar-refractivity contribution in [1.82, 2.24) is 0 Å². The molecule has 0 saturated carbocycles. The van der Waals surface area contributed by atoms with Gasteiger partial charge in [-0.05, 0) is 24.3 Å². The van der Waals surface area contributed by atoms with Crippen molar-refractivity contribution in [2.24, 2.45) is 16.1 Å². The molecule has 2 atom stereocenters. The first kappa shape index (κ1) is 10.1. The zero-order chi connectivity index (χ0) is 12.0. The minimum Gasteiger partial charge on any atom is -0.274 e. The molecular formula is C11H8FN3O2. The van der Waals surface area contributed by atoms with Gasteiger partial charge in [0.25, 0.3) is 5.91 Å². The van der Waals surface area contributed by atoms with Crippen molar-refractivity contribution < 1.29 is 14.0 Å². The van der Waals surface area contributed by atoms with E-state index >= 15 is 0 Å². The van der Waals surface area contributed by atoms with E-state index in [0.717, 1.165) is 4.90 Å². The summed E-state index contributed by atoms with van der Waals surface area (Å²) >= 11 is 0. The molecule has 1 aromatic carbocycles. The summed E-state index contributed by atoms with van der Waals surface area (Å²) in [4.78, 5) is 25.0. The third-order valence-electron chi connectivity index (χ3n) is 2.96. The van der Waals surface area contributed by atoms with Crippen LogP contribution in [0.15, 0.2) is 34.5 Å². The summed E-state index contributed by atoms with van der Waals surface area (Å²) in [5.41, 5.74) is 0.381. The van der Waals surface area contributed by atoms with Crippen molar-refractivity contribution in [3.8, 4) is 0 Å². The average molecular weight is 233 g/mol. The lowest BCUT2D eigenvalue weighted by Gasteiger charge is -2.14. The van der Waals surface area contributed by atoms with Crippen molar-refractivity contribution in [3.63, 3.8) is 0 Å². The number of anilines is 1. The van der Waals surface area contributed by atoms with Crippen molar-refractivity contribution in [3.05, 3.63) is 30.1 Å². The minimum absolute atomic E-state index is 0.257. The number of benzene rings is 1.